The molecule has 0 aliphatic heterocycles. The maximum Gasteiger partial charge on any atom is 0.270 e. The van der Waals surface area contributed by atoms with E-state index in [0.717, 1.165) is 0 Å². The van der Waals surface area contributed by atoms with Gasteiger partial charge in [0.15, 0.2) is 0 Å². The van der Waals surface area contributed by atoms with Crippen LogP contribution in [0, 0.1) is 10.1 Å². The van der Waals surface area contributed by atoms with E-state index in [1.165, 1.54) is 24.3 Å². The summed E-state index contributed by atoms with van der Waals surface area (Å²) in [6.07, 6.45) is 0. The van der Waals surface area contributed by atoms with E-state index in [1.807, 2.05) is 0 Å². The monoisotopic (exact) mass is 374 g/mol. The lowest BCUT2D eigenvalue weighted by Gasteiger charge is -2.14. The molecule has 0 saturated heterocycles. The zero-order chi connectivity index (χ0) is 17.9. The van der Waals surface area contributed by atoms with Crippen LogP contribution in [-0.4, -0.2) is 56.1 Å². The summed E-state index contributed by atoms with van der Waals surface area (Å²) in [6.45, 7) is 3.82. The molecule has 1 aromatic rings. The SMILES string of the molecule is COCCNCCNC(=O)C(C)NC(=O)c1cccc([N+](=O)[O-])c1.Cl. The lowest BCUT2D eigenvalue weighted by molar-refractivity contribution is -0.384. The van der Waals surface area contributed by atoms with E-state index in [-0.39, 0.29) is 29.6 Å². The summed E-state index contributed by atoms with van der Waals surface area (Å²) < 4.78 is 4.88. The smallest absolute Gasteiger partial charge is 0.270 e. The fourth-order valence-corrected chi connectivity index (χ4v) is 1.83. The normalized spacial score (nSPS) is 11.1. The zero-order valence-electron chi connectivity index (χ0n) is 14.1. The largest absolute Gasteiger partial charge is 0.383 e. The highest BCUT2D eigenvalue weighted by Crippen LogP contribution is 2.13. The predicted molar refractivity (Wildman–Crippen MR) is 95.0 cm³/mol. The number of nitro benzene ring substituents is 1. The summed E-state index contributed by atoms with van der Waals surface area (Å²) in [4.78, 5) is 34.1. The number of carbonyl (C=O) groups excluding carboxylic acids is 2. The van der Waals surface area contributed by atoms with E-state index in [9.17, 15) is 19.7 Å². The first-order chi connectivity index (χ1) is 11.5. The molecule has 10 heteroatoms. The molecule has 0 aliphatic carbocycles. The molecule has 25 heavy (non-hydrogen) atoms. The van der Waals surface area contributed by atoms with Crippen molar-refractivity contribution in [2.75, 3.05) is 33.4 Å². The van der Waals surface area contributed by atoms with E-state index < -0.39 is 16.9 Å². The van der Waals surface area contributed by atoms with Gasteiger partial charge in [-0.15, -0.1) is 12.4 Å². The molecule has 0 bridgehead atoms. The highest BCUT2D eigenvalue weighted by molar-refractivity contribution is 5.97. The number of rotatable bonds is 10. The van der Waals surface area contributed by atoms with Crippen LogP contribution >= 0.6 is 12.4 Å². The Labute approximate surface area is 152 Å². The molecule has 1 atom stereocenters. The summed E-state index contributed by atoms with van der Waals surface area (Å²) in [7, 11) is 1.61. The maximum absolute atomic E-state index is 12.0. The number of hydrogen-bond acceptors (Lipinski definition) is 6. The molecule has 0 radical (unpaired) electrons. The van der Waals surface area contributed by atoms with Gasteiger partial charge in [-0.05, 0) is 13.0 Å². The molecule has 3 N–H and O–H groups in total. The van der Waals surface area contributed by atoms with Crippen LogP contribution in [0.1, 0.15) is 17.3 Å². The Bertz CT molecular complexity index is 585. The van der Waals surface area contributed by atoms with Gasteiger partial charge in [-0.2, -0.15) is 0 Å². The van der Waals surface area contributed by atoms with Crippen LogP contribution < -0.4 is 16.0 Å². The third kappa shape index (κ3) is 8.43. The molecule has 140 valence electrons. The molecule has 0 aromatic heterocycles. The quantitative estimate of drug-likeness (QED) is 0.311. The van der Waals surface area contributed by atoms with Crippen LogP contribution in [0.4, 0.5) is 5.69 Å². The first-order valence-electron chi connectivity index (χ1n) is 7.48. The molecular formula is C15H23ClN4O5. The summed E-state index contributed by atoms with van der Waals surface area (Å²) in [5.74, 6) is -0.873. The number of halogens is 1. The molecule has 2 amide bonds. The van der Waals surface area contributed by atoms with Gasteiger partial charge in [-0.25, -0.2) is 0 Å². The number of amides is 2. The Morgan fingerprint density at radius 1 is 1.28 bits per heavy atom. The van der Waals surface area contributed by atoms with Crippen molar-refractivity contribution >= 4 is 29.9 Å². The number of nitro groups is 1. The fraction of sp³-hybridized carbons (Fsp3) is 0.467. The first-order valence-corrected chi connectivity index (χ1v) is 7.48. The molecule has 1 rings (SSSR count). The van der Waals surface area contributed by atoms with Gasteiger partial charge in [0, 0.05) is 44.4 Å². The number of nitrogens with zero attached hydrogens (tertiary/aromatic N) is 1. The summed E-state index contributed by atoms with van der Waals surface area (Å²) in [5, 5.41) is 19.0. The van der Waals surface area contributed by atoms with Crippen molar-refractivity contribution in [2.24, 2.45) is 0 Å². The van der Waals surface area contributed by atoms with Gasteiger partial charge >= 0.3 is 0 Å². The lowest BCUT2D eigenvalue weighted by Crippen LogP contribution is -2.46. The van der Waals surface area contributed by atoms with Crippen molar-refractivity contribution in [1.29, 1.82) is 0 Å². The zero-order valence-corrected chi connectivity index (χ0v) is 14.9. The molecular weight excluding hydrogens is 352 g/mol. The van der Waals surface area contributed by atoms with E-state index in [4.69, 9.17) is 4.74 Å². The van der Waals surface area contributed by atoms with Gasteiger partial charge in [0.2, 0.25) is 5.91 Å². The Hall–Kier alpha value is -2.23. The molecule has 0 saturated carbocycles. The number of carbonyl (C=O) groups is 2. The molecule has 9 nitrogen and oxygen atoms in total. The van der Waals surface area contributed by atoms with Crippen molar-refractivity contribution in [3.05, 3.63) is 39.9 Å². The van der Waals surface area contributed by atoms with Crippen molar-refractivity contribution in [2.45, 2.75) is 13.0 Å². The number of ether oxygens (including phenoxy) is 1. The highest BCUT2D eigenvalue weighted by atomic mass is 35.5. The third-order valence-corrected chi connectivity index (χ3v) is 3.14. The number of methoxy groups -OCH3 is 1. The average molecular weight is 375 g/mol. The minimum absolute atomic E-state index is 0. The van der Waals surface area contributed by atoms with E-state index in [2.05, 4.69) is 16.0 Å². The Kier molecular flexibility index (Phi) is 11.1. The van der Waals surface area contributed by atoms with Crippen LogP contribution in [0.3, 0.4) is 0 Å². The van der Waals surface area contributed by atoms with Gasteiger partial charge in [0.1, 0.15) is 6.04 Å². The summed E-state index contributed by atoms with van der Waals surface area (Å²) in [6, 6.07) is 4.58. The van der Waals surface area contributed by atoms with Crippen LogP contribution in [0.5, 0.6) is 0 Å². The maximum atomic E-state index is 12.0. The van der Waals surface area contributed by atoms with Crippen molar-refractivity contribution in [3.63, 3.8) is 0 Å². The Balaban J connectivity index is 0.00000576. The van der Waals surface area contributed by atoms with Gasteiger partial charge in [-0.1, -0.05) is 6.07 Å². The first kappa shape index (κ1) is 22.8. The van der Waals surface area contributed by atoms with Crippen molar-refractivity contribution < 1.29 is 19.2 Å². The second-order valence-corrected chi connectivity index (χ2v) is 5.04. The molecule has 0 fully saturated rings. The highest BCUT2D eigenvalue weighted by Gasteiger charge is 2.17. The van der Waals surface area contributed by atoms with Gasteiger partial charge in [-0.3, -0.25) is 19.7 Å². The van der Waals surface area contributed by atoms with Gasteiger partial charge in [0.25, 0.3) is 11.6 Å². The number of non-ortho nitro benzene ring substituents is 1. The molecule has 0 aliphatic rings. The number of nitrogens with one attached hydrogen (secondary N) is 3. The number of benzene rings is 1. The summed E-state index contributed by atoms with van der Waals surface area (Å²) >= 11 is 0. The van der Waals surface area contributed by atoms with Crippen LogP contribution in [0.25, 0.3) is 0 Å². The average Bonchev–Trinajstić information content (AvgIpc) is 2.57. The van der Waals surface area contributed by atoms with E-state index >= 15 is 0 Å². The van der Waals surface area contributed by atoms with Crippen LogP contribution in [0.15, 0.2) is 24.3 Å². The van der Waals surface area contributed by atoms with Gasteiger partial charge in [0.05, 0.1) is 11.5 Å². The fourth-order valence-electron chi connectivity index (χ4n) is 1.83. The van der Waals surface area contributed by atoms with E-state index in [0.29, 0.717) is 26.2 Å². The standard InChI is InChI=1S/C15H22N4O5.ClH/c1-11(14(20)17-7-6-16-8-9-24-2)18-15(21)12-4-3-5-13(10-12)19(22)23;/h3-5,10-11,16H,6-9H2,1-2H3,(H,17,20)(H,18,21);1H. The predicted octanol–water partition coefficient (Wildman–Crippen LogP) is 0.487. The molecule has 1 aromatic carbocycles. The van der Waals surface area contributed by atoms with Crippen molar-refractivity contribution in [1.82, 2.24) is 16.0 Å². The van der Waals surface area contributed by atoms with Crippen LogP contribution in [-0.2, 0) is 9.53 Å². The molecule has 0 spiro atoms. The number of hydrogen-bond donors (Lipinski definition) is 3. The second-order valence-electron chi connectivity index (χ2n) is 5.04. The van der Waals surface area contributed by atoms with Crippen molar-refractivity contribution in [3.8, 4) is 0 Å². The van der Waals surface area contributed by atoms with E-state index in [1.54, 1.807) is 14.0 Å². The Morgan fingerprint density at radius 2 is 2.00 bits per heavy atom. The molecule has 1 unspecified atom stereocenters. The van der Waals surface area contributed by atoms with Crippen LogP contribution in [0.2, 0.25) is 0 Å². The van der Waals surface area contributed by atoms with Gasteiger partial charge < -0.3 is 20.7 Å². The lowest BCUT2D eigenvalue weighted by atomic mass is 10.1. The molecule has 0 heterocycles. The Morgan fingerprint density at radius 3 is 2.64 bits per heavy atom. The minimum atomic E-state index is -0.754. The third-order valence-electron chi connectivity index (χ3n) is 3.14. The topological polar surface area (TPSA) is 123 Å². The summed E-state index contributed by atoms with van der Waals surface area (Å²) in [5.41, 5.74) is -0.0491. The second kappa shape index (κ2) is 12.2. The minimum Gasteiger partial charge on any atom is -0.383 e.